The number of nitrogens with zero attached hydrogens (tertiary/aromatic N) is 1. The summed E-state index contributed by atoms with van der Waals surface area (Å²) in [5.74, 6) is -1.92. The number of sulfonamides is 1. The van der Waals surface area contributed by atoms with Crippen LogP contribution in [0.1, 0.15) is 20.7 Å². The third-order valence-corrected chi connectivity index (χ3v) is 5.58. The first-order valence-corrected chi connectivity index (χ1v) is 9.77. The van der Waals surface area contributed by atoms with Gasteiger partial charge >= 0.3 is 11.9 Å². The van der Waals surface area contributed by atoms with Gasteiger partial charge in [-0.25, -0.2) is 22.3 Å². The maximum absolute atomic E-state index is 12.1. The predicted molar refractivity (Wildman–Crippen MR) is 104 cm³/mol. The summed E-state index contributed by atoms with van der Waals surface area (Å²) in [5.41, 5.74) is 0.676. The number of anilines is 1. The van der Waals surface area contributed by atoms with Crippen molar-refractivity contribution in [1.82, 2.24) is 4.31 Å². The number of methoxy groups -OCH3 is 1. The largest absolute Gasteiger partial charge is 0.465 e. The van der Waals surface area contributed by atoms with Gasteiger partial charge in [0.2, 0.25) is 10.0 Å². The fraction of sp³-hybridized carbons (Fsp3) is 0.211. The molecule has 0 saturated heterocycles. The average Bonchev–Trinajstić information content (AvgIpc) is 2.71. The molecule has 0 aliphatic carbocycles. The Kier molecular flexibility index (Phi) is 7.08. The number of carbonyl (C=O) groups is 3. The van der Waals surface area contributed by atoms with Gasteiger partial charge in [-0.05, 0) is 42.5 Å². The van der Waals surface area contributed by atoms with Crippen LogP contribution in [-0.2, 0) is 24.3 Å². The first-order chi connectivity index (χ1) is 13.6. The Labute approximate surface area is 168 Å². The van der Waals surface area contributed by atoms with Gasteiger partial charge in [0.05, 0.1) is 23.1 Å². The Balaban J connectivity index is 1.96. The Hall–Kier alpha value is -3.24. The molecular formula is C19H20N2O7S. The highest BCUT2D eigenvalue weighted by Crippen LogP contribution is 2.18. The van der Waals surface area contributed by atoms with E-state index < -0.39 is 34.5 Å². The van der Waals surface area contributed by atoms with Gasteiger partial charge in [0, 0.05) is 19.8 Å². The van der Waals surface area contributed by atoms with Crippen molar-refractivity contribution in [1.29, 1.82) is 0 Å². The maximum atomic E-state index is 12.1. The lowest BCUT2D eigenvalue weighted by Gasteiger charge is -2.12. The molecule has 0 saturated carbocycles. The van der Waals surface area contributed by atoms with E-state index in [1.807, 2.05) is 0 Å². The molecule has 0 fully saturated rings. The lowest BCUT2D eigenvalue weighted by molar-refractivity contribution is -0.119. The van der Waals surface area contributed by atoms with E-state index in [0.717, 1.165) is 4.31 Å². The molecule has 154 valence electrons. The van der Waals surface area contributed by atoms with Crippen molar-refractivity contribution in [2.75, 3.05) is 33.1 Å². The smallest absolute Gasteiger partial charge is 0.338 e. The number of rotatable bonds is 7. The molecule has 0 bridgehead atoms. The monoisotopic (exact) mass is 420 g/mol. The molecule has 0 aliphatic rings. The molecule has 9 nitrogen and oxygen atoms in total. The van der Waals surface area contributed by atoms with E-state index in [-0.39, 0.29) is 21.7 Å². The Morgan fingerprint density at radius 3 is 2.10 bits per heavy atom. The minimum absolute atomic E-state index is 0.0167. The number of ether oxygens (including phenoxy) is 2. The molecule has 2 rings (SSSR count). The number of carbonyl (C=O) groups excluding carboxylic acids is 3. The van der Waals surface area contributed by atoms with Crippen LogP contribution in [-0.4, -0.2) is 58.4 Å². The summed E-state index contributed by atoms with van der Waals surface area (Å²) in [6, 6.07) is 11.3. The molecule has 2 aromatic carbocycles. The molecule has 0 aliphatic heterocycles. The lowest BCUT2D eigenvalue weighted by Crippen LogP contribution is -2.23. The molecule has 1 amide bonds. The number of nitrogens with one attached hydrogen (secondary N) is 1. The first kappa shape index (κ1) is 22.1. The summed E-state index contributed by atoms with van der Waals surface area (Å²) in [6.07, 6.45) is 0. The molecule has 0 heterocycles. The lowest BCUT2D eigenvalue weighted by atomic mass is 10.1. The highest BCUT2D eigenvalue weighted by molar-refractivity contribution is 7.89. The van der Waals surface area contributed by atoms with E-state index in [1.165, 1.54) is 69.7 Å². The van der Waals surface area contributed by atoms with Crippen molar-refractivity contribution < 1.29 is 32.3 Å². The third kappa shape index (κ3) is 5.62. The molecule has 1 N–H and O–H groups in total. The molecule has 0 atom stereocenters. The van der Waals surface area contributed by atoms with Gasteiger partial charge in [0.15, 0.2) is 6.61 Å². The number of hydrogen-bond acceptors (Lipinski definition) is 7. The number of benzene rings is 2. The second-order valence-electron chi connectivity index (χ2n) is 6.01. The van der Waals surface area contributed by atoms with Crippen LogP contribution in [0.3, 0.4) is 0 Å². The zero-order valence-electron chi connectivity index (χ0n) is 16.0. The van der Waals surface area contributed by atoms with Gasteiger partial charge in [-0.1, -0.05) is 6.07 Å². The Bertz CT molecular complexity index is 1020. The predicted octanol–water partition coefficient (Wildman–Crippen LogP) is 1.52. The fourth-order valence-corrected chi connectivity index (χ4v) is 3.16. The summed E-state index contributed by atoms with van der Waals surface area (Å²) in [7, 11) is 0.401. The van der Waals surface area contributed by atoms with Crippen LogP contribution in [0.5, 0.6) is 0 Å². The summed E-state index contributed by atoms with van der Waals surface area (Å²) < 4.78 is 34.8. The number of esters is 2. The highest BCUT2D eigenvalue weighted by atomic mass is 32.2. The van der Waals surface area contributed by atoms with Crippen LogP contribution in [0.4, 0.5) is 5.69 Å². The molecule has 0 radical (unpaired) electrons. The zero-order chi connectivity index (χ0) is 21.6. The van der Waals surface area contributed by atoms with Crippen molar-refractivity contribution in [3.05, 3.63) is 59.7 Å². The van der Waals surface area contributed by atoms with E-state index in [1.54, 1.807) is 0 Å². The van der Waals surface area contributed by atoms with Crippen LogP contribution in [0.25, 0.3) is 0 Å². The van der Waals surface area contributed by atoms with E-state index in [0.29, 0.717) is 0 Å². The Morgan fingerprint density at radius 2 is 1.55 bits per heavy atom. The third-order valence-electron chi connectivity index (χ3n) is 3.77. The summed E-state index contributed by atoms with van der Waals surface area (Å²) >= 11 is 0. The molecule has 0 spiro atoms. The maximum Gasteiger partial charge on any atom is 0.338 e. The van der Waals surface area contributed by atoms with Crippen LogP contribution in [0.2, 0.25) is 0 Å². The van der Waals surface area contributed by atoms with Crippen molar-refractivity contribution in [3.63, 3.8) is 0 Å². The zero-order valence-corrected chi connectivity index (χ0v) is 16.9. The SMILES string of the molecule is COC(=O)c1ccc(C(=O)OCC(=O)Nc2cccc(S(=O)(=O)N(C)C)c2)cc1. The van der Waals surface area contributed by atoms with Crippen LogP contribution in [0, 0.1) is 0 Å². The minimum atomic E-state index is -3.64. The van der Waals surface area contributed by atoms with Gasteiger partial charge in [-0.3, -0.25) is 4.79 Å². The van der Waals surface area contributed by atoms with Crippen LogP contribution < -0.4 is 5.32 Å². The van der Waals surface area contributed by atoms with Crippen molar-refractivity contribution in [2.45, 2.75) is 4.90 Å². The van der Waals surface area contributed by atoms with Gasteiger partial charge in [0.25, 0.3) is 5.91 Å². The summed E-state index contributed by atoms with van der Waals surface area (Å²) in [6.45, 7) is -0.567. The van der Waals surface area contributed by atoms with Gasteiger partial charge in [-0.2, -0.15) is 0 Å². The standard InChI is InChI=1S/C19H20N2O7S/c1-21(2)29(25,26)16-6-4-5-15(11-16)20-17(22)12-28-19(24)14-9-7-13(8-10-14)18(23)27-3/h4-11H,12H2,1-3H3,(H,20,22). The topological polar surface area (TPSA) is 119 Å². The molecule has 0 aromatic heterocycles. The molecular weight excluding hydrogens is 400 g/mol. The number of hydrogen-bond donors (Lipinski definition) is 1. The van der Waals surface area contributed by atoms with Crippen molar-refractivity contribution in [3.8, 4) is 0 Å². The van der Waals surface area contributed by atoms with E-state index in [2.05, 4.69) is 10.1 Å². The molecule has 29 heavy (non-hydrogen) atoms. The van der Waals surface area contributed by atoms with Gasteiger partial charge in [0.1, 0.15) is 0 Å². The Morgan fingerprint density at radius 1 is 0.966 bits per heavy atom. The van der Waals surface area contributed by atoms with Crippen LogP contribution in [0.15, 0.2) is 53.4 Å². The quantitative estimate of drug-likeness (QED) is 0.675. The second-order valence-corrected chi connectivity index (χ2v) is 8.16. The van der Waals surface area contributed by atoms with Crippen molar-refractivity contribution >= 4 is 33.6 Å². The average molecular weight is 420 g/mol. The van der Waals surface area contributed by atoms with E-state index in [9.17, 15) is 22.8 Å². The van der Waals surface area contributed by atoms with E-state index >= 15 is 0 Å². The fourth-order valence-electron chi connectivity index (χ4n) is 2.22. The highest BCUT2D eigenvalue weighted by Gasteiger charge is 2.18. The van der Waals surface area contributed by atoms with E-state index in [4.69, 9.17) is 4.74 Å². The van der Waals surface area contributed by atoms with Crippen molar-refractivity contribution in [2.24, 2.45) is 0 Å². The normalized spacial score (nSPS) is 11.0. The van der Waals surface area contributed by atoms with Gasteiger partial charge in [-0.15, -0.1) is 0 Å². The minimum Gasteiger partial charge on any atom is -0.465 e. The van der Waals surface area contributed by atoms with Crippen LogP contribution >= 0.6 is 0 Å². The first-order valence-electron chi connectivity index (χ1n) is 8.33. The second kappa shape index (κ2) is 9.30. The molecule has 10 heteroatoms. The number of amides is 1. The summed E-state index contributed by atoms with van der Waals surface area (Å²) in [4.78, 5) is 35.4. The molecule has 0 unspecified atom stereocenters. The molecule has 2 aromatic rings. The van der Waals surface area contributed by atoms with Gasteiger partial charge < -0.3 is 14.8 Å². The summed E-state index contributed by atoms with van der Waals surface area (Å²) in [5, 5.41) is 2.47.